The van der Waals surface area contributed by atoms with Crippen LogP contribution in [-0.4, -0.2) is 25.0 Å². The molecule has 6 N–H and O–H groups in total. The zero-order valence-electron chi connectivity index (χ0n) is 16.5. The number of nitrogens with one attached hydrogen (secondary N) is 4. The molecule has 0 aliphatic carbocycles. The van der Waals surface area contributed by atoms with Crippen molar-refractivity contribution in [3.05, 3.63) is 54.1 Å². The number of anilines is 3. The SMILES string of the molecule is Nc1ccc(NC(=O)NCc2cccc(NC(=O)CCC3CCCNC3)c2)cc1. The van der Waals surface area contributed by atoms with Gasteiger partial charge in [0.1, 0.15) is 0 Å². The molecule has 2 aromatic carbocycles. The van der Waals surface area contributed by atoms with E-state index in [0.717, 1.165) is 30.8 Å². The first-order chi connectivity index (χ1) is 14.1. The molecule has 1 saturated heterocycles. The Labute approximate surface area is 171 Å². The van der Waals surface area contributed by atoms with Crippen LogP contribution in [0.5, 0.6) is 0 Å². The van der Waals surface area contributed by atoms with E-state index < -0.39 is 0 Å². The molecule has 0 spiro atoms. The third kappa shape index (κ3) is 7.12. The topological polar surface area (TPSA) is 108 Å². The van der Waals surface area contributed by atoms with Gasteiger partial charge in [0.15, 0.2) is 0 Å². The normalized spacial score (nSPS) is 16.1. The molecule has 7 nitrogen and oxygen atoms in total. The summed E-state index contributed by atoms with van der Waals surface area (Å²) >= 11 is 0. The molecule has 29 heavy (non-hydrogen) atoms. The lowest BCUT2D eigenvalue weighted by Crippen LogP contribution is -2.30. The quantitative estimate of drug-likeness (QED) is 0.464. The molecule has 2 aromatic rings. The number of nitrogens with two attached hydrogens (primary N) is 1. The van der Waals surface area contributed by atoms with Gasteiger partial charge in [-0.1, -0.05) is 12.1 Å². The van der Waals surface area contributed by atoms with E-state index in [2.05, 4.69) is 21.3 Å². The van der Waals surface area contributed by atoms with E-state index in [1.807, 2.05) is 24.3 Å². The number of hydrogen-bond acceptors (Lipinski definition) is 4. The molecule has 0 aromatic heterocycles. The summed E-state index contributed by atoms with van der Waals surface area (Å²) < 4.78 is 0. The average Bonchev–Trinajstić information content (AvgIpc) is 2.73. The van der Waals surface area contributed by atoms with Gasteiger partial charge in [0.25, 0.3) is 0 Å². The van der Waals surface area contributed by atoms with Crippen LogP contribution in [0.3, 0.4) is 0 Å². The van der Waals surface area contributed by atoms with E-state index in [-0.39, 0.29) is 11.9 Å². The summed E-state index contributed by atoms with van der Waals surface area (Å²) in [5, 5.41) is 11.9. The fourth-order valence-corrected chi connectivity index (χ4v) is 3.41. The lowest BCUT2D eigenvalue weighted by Gasteiger charge is -2.22. The molecule has 1 aliphatic rings. The van der Waals surface area contributed by atoms with Gasteiger partial charge in [-0.25, -0.2) is 4.79 Å². The number of rotatable bonds is 7. The fraction of sp³-hybridized carbons (Fsp3) is 0.364. The van der Waals surface area contributed by atoms with Crippen LogP contribution in [0.1, 0.15) is 31.2 Å². The number of nitrogen functional groups attached to an aromatic ring is 1. The van der Waals surface area contributed by atoms with E-state index in [1.165, 1.54) is 12.8 Å². The zero-order chi connectivity index (χ0) is 20.5. The van der Waals surface area contributed by atoms with Crippen molar-refractivity contribution >= 4 is 29.0 Å². The van der Waals surface area contributed by atoms with Gasteiger partial charge in [-0.3, -0.25) is 4.79 Å². The number of carbonyl (C=O) groups is 2. The van der Waals surface area contributed by atoms with Crippen LogP contribution in [0.4, 0.5) is 21.9 Å². The number of urea groups is 1. The fourth-order valence-electron chi connectivity index (χ4n) is 3.41. The van der Waals surface area contributed by atoms with Gasteiger partial charge < -0.3 is 27.0 Å². The van der Waals surface area contributed by atoms with Crippen molar-refractivity contribution < 1.29 is 9.59 Å². The van der Waals surface area contributed by atoms with Crippen molar-refractivity contribution in [2.45, 2.75) is 32.2 Å². The molecule has 0 bridgehead atoms. The maximum absolute atomic E-state index is 12.2. The summed E-state index contributed by atoms with van der Waals surface area (Å²) in [6.45, 7) is 2.45. The highest BCUT2D eigenvalue weighted by Crippen LogP contribution is 2.17. The first kappa shape index (κ1) is 20.7. The minimum atomic E-state index is -0.301. The van der Waals surface area contributed by atoms with Crippen molar-refractivity contribution in [2.24, 2.45) is 5.92 Å². The van der Waals surface area contributed by atoms with Crippen LogP contribution in [0, 0.1) is 5.92 Å². The van der Waals surface area contributed by atoms with Gasteiger partial charge in [-0.2, -0.15) is 0 Å². The Kier molecular flexibility index (Phi) is 7.47. The van der Waals surface area contributed by atoms with Crippen molar-refractivity contribution in [3.63, 3.8) is 0 Å². The van der Waals surface area contributed by atoms with E-state index in [0.29, 0.717) is 30.3 Å². The van der Waals surface area contributed by atoms with Crippen LogP contribution in [0.2, 0.25) is 0 Å². The second-order valence-electron chi connectivity index (χ2n) is 7.43. The maximum atomic E-state index is 12.2. The van der Waals surface area contributed by atoms with Crippen LogP contribution < -0.4 is 27.0 Å². The molecule has 154 valence electrons. The number of benzene rings is 2. The molecule has 1 heterocycles. The molecule has 1 aliphatic heterocycles. The Bertz CT molecular complexity index is 816. The predicted octanol–water partition coefficient (Wildman–Crippen LogP) is 3.31. The van der Waals surface area contributed by atoms with Gasteiger partial charge in [-0.05, 0) is 80.2 Å². The lowest BCUT2D eigenvalue weighted by atomic mass is 9.94. The first-order valence-electron chi connectivity index (χ1n) is 10.1. The summed E-state index contributed by atoms with van der Waals surface area (Å²) in [6, 6.07) is 14.2. The van der Waals surface area contributed by atoms with Crippen molar-refractivity contribution in [1.82, 2.24) is 10.6 Å². The minimum Gasteiger partial charge on any atom is -0.399 e. The van der Waals surface area contributed by atoms with Crippen molar-refractivity contribution in [2.75, 3.05) is 29.5 Å². The smallest absolute Gasteiger partial charge is 0.319 e. The predicted molar refractivity (Wildman–Crippen MR) is 117 cm³/mol. The van der Waals surface area contributed by atoms with Crippen LogP contribution in [0.15, 0.2) is 48.5 Å². The Balaban J connectivity index is 1.43. The molecule has 0 radical (unpaired) electrons. The highest BCUT2D eigenvalue weighted by molar-refractivity contribution is 5.91. The average molecular weight is 396 g/mol. The van der Waals surface area contributed by atoms with Crippen molar-refractivity contribution in [1.29, 1.82) is 0 Å². The summed E-state index contributed by atoms with van der Waals surface area (Å²) in [4.78, 5) is 24.3. The van der Waals surface area contributed by atoms with E-state index in [1.54, 1.807) is 24.3 Å². The van der Waals surface area contributed by atoms with E-state index in [4.69, 9.17) is 5.73 Å². The highest BCUT2D eigenvalue weighted by Gasteiger charge is 2.14. The van der Waals surface area contributed by atoms with Crippen LogP contribution in [-0.2, 0) is 11.3 Å². The summed E-state index contributed by atoms with van der Waals surface area (Å²) in [6.07, 6.45) is 3.82. The molecule has 1 atom stereocenters. The molecule has 3 amide bonds. The van der Waals surface area contributed by atoms with Gasteiger partial charge >= 0.3 is 6.03 Å². The van der Waals surface area contributed by atoms with Gasteiger partial charge in [0, 0.05) is 30.0 Å². The monoisotopic (exact) mass is 395 g/mol. The molecular formula is C22H29N5O2. The molecule has 0 saturated carbocycles. The Morgan fingerprint density at radius 3 is 2.66 bits per heavy atom. The molecular weight excluding hydrogens is 366 g/mol. The standard InChI is InChI=1S/C22H29N5O2/c23-18-7-9-19(10-8-18)27-22(29)25-15-17-3-1-5-20(13-17)26-21(28)11-6-16-4-2-12-24-14-16/h1,3,5,7-10,13,16,24H,2,4,6,11-12,14-15,23H2,(H,26,28)(H2,25,27,29). The number of carbonyl (C=O) groups excluding carboxylic acids is 2. The van der Waals surface area contributed by atoms with Crippen molar-refractivity contribution in [3.8, 4) is 0 Å². The van der Waals surface area contributed by atoms with Crippen LogP contribution >= 0.6 is 0 Å². The lowest BCUT2D eigenvalue weighted by molar-refractivity contribution is -0.116. The third-order valence-corrected chi connectivity index (χ3v) is 5.01. The second-order valence-corrected chi connectivity index (χ2v) is 7.43. The Hall–Kier alpha value is -3.06. The molecule has 7 heteroatoms. The van der Waals surface area contributed by atoms with Crippen LogP contribution in [0.25, 0.3) is 0 Å². The third-order valence-electron chi connectivity index (χ3n) is 5.01. The molecule has 3 rings (SSSR count). The maximum Gasteiger partial charge on any atom is 0.319 e. The Morgan fingerprint density at radius 1 is 1.07 bits per heavy atom. The summed E-state index contributed by atoms with van der Waals surface area (Å²) in [5.74, 6) is 0.617. The number of hydrogen-bond donors (Lipinski definition) is 5. The number of piperidine rings is 1. The Morgan fingerprint density at radius 2 is 1.90 bits per heavy atom. The molecule has 1 fully saturated rings. The minimum absolute atomic E-state index is 0.0294. The highest BCUT2D eigenvalue weighted by atomic mass is 16.2. The van der Waals surface area contributed by atoms with E-state index >= 15 is 0 Å². The zero-order valence-corrected chi connectivity index (χ0v) is 16.5. The summed E-state index contributed by atoms with van der Waals surface area (Å²) in [5.41, 5.74) is 8.61. The first-order valence-corrected chi connectivity index (χ1v) is 10.1. The second kappa shape index (κ2) is 10.5. The van der Waals surface area contributed by atoms with Gasteiger partial charge in [0.05, 0.1) is 0 Å². The van der Waals surface area contributed by atoms with E-state index in [9.17, 15) is 9.59 Å². The van der Waals surface area contributed by atoms with Gasteiger partial charge in [-0.15, -0.1) is 0 Å². The van der Waals surface area contributed by atoms with Gasteiger partial charge in [0.2, 0.25) is 5.91 Å². The largest absolute Gasteiger partial charge is 0.399 e. The summed E-state index contributed by atoms with van der Waals surface area (Å²) in [7, 11) is 0. The number of amides is 3. The molecule has 1 unspecified atom stereocenters.